The van der Waals surface area contributed by atoms with Gasteiger partial charge in [-0.1, -0.05) is 11.6 Å². The van der Waals surface area contributed by atoms with E-state index in [1.165, 1.54) is 11.6 Å². The van der Waals surface area contributed by atoms with Crippen LogP contribution in [0.3, 0.4) is 0 Å². The summed E-state index contributed by atoms with van der Waals surface area (Å²) in [5.41, 5.74) is 3.53. The molecule has 3 heterocycles. The number of nitrogens with zero attached hydrogens (tertiary/aromatic N) is 1. The zero-order valence-corrected chi connectivity index (χ0v) is 19.9. The van der Waals surface area contributed by atoms with Gasteiger partial charge in [-0.15, -0.1) is 11.8 Å². The van der Waals surface area contributed by atoms with Crippen molar-refractivity contribution >= 4 is 40.6 Å². The number of carbonyl (C=O) groups is 1. The summed E-state index contributed by atoms with van der Waals surface area (Å²) in [7, 11) is 1.58. The van der Waals surface area contributed by atoms with Crippen molar-refractivity contribution < 1.29 is 9.53 Å². The second-order valence-corrected chi connectivity index (χ2v) is 10.1. The number of hydrogen-bond acceptors (Lipinski definition) is 5. The molecule has 162 valence electrons. The maximum Gasteiger partial charge on any atom is 0.257 e. The van der Waals surface area contributed by atoms with Crippen LogP contribution in [0.15, 0.2) is 50.8 Å². The summed E-state index contributed by atoms with van der Waals surface area (Å²) in [5.74, 6) is -0.371. The average molecular weight is 475 g/mol. The van der Waals surface area contributed by atoms with Crippen LogP contribution >= 0.6 is 34.7 Å². The number of nitrogens with one attached hydrogen (secondary N) is 1. The molecule has 5 nitrogen and oxygen atoms in total. The first-order valence-corrected chi connectivity index (χ1v) is 12.1. The summed E-state index contributed by atoms with van der Waals surface area (Å²) in [5, 5.41) is 7.78. The van der Waals surface area contributed by atoms with Crippen LogP contribution in [-0.4, -0.2) is 30.2 Å². The molecule has 0 radical (unpaired) electrons. The molecule has 4 rings (SSSR count). The fraction of sp³-hybridized carbons (Fsp3) is 0.304. The minimum Gasteiger partial charge on any atom is -0.383 e. The minimum absolute atomic E-state index is 0.0568. The fourth-order valence-corrected chi connectivity index (χ4v) is 6.28. The van der Waals surface area contributed by atoms with Gasteiger partial charge < -0.3 is 14.6 Å². The van der Waals surface area contributed by atoms with Gasteiger partial charge in [0.2, 0.25) is 0 Å². The Morgan fingerprint density at radius 2 is 2.16 bits per heavy atom. The van der Waals surface area contributed by atoms with Gasteiger partial charge in [-0.2, -0.15) is 11.3 Å². The van der Waals surface area contributed by atoms with E-state index in [1.54, 1.807) is 30.2 Å². The molecule has 0 aliphatic carbocycles. The van der Waals surface area contributed by atoms with E-state index in [2.05, 4.69) is 16.8 Å². The molecule has 1 amide bonds. The normalized spacial score (nSPS) is 16.2. The summed E-state index contributed by atoms with van der Waals surface area (Å²) in [6.45, 7) is 4.12. The zero-order chi connectivity index (χ0) is 22.1. The largest absolute Gasteiger partial charge is 0.383 e. The molecule has 1 N–H and O–H groups in total. The lowest BCUT2D eigenvalue weighted by Crippen LogP contribution is -2.39. The number of methoxy groups -OCH3 is 1. The highest BCUT2D eigenvalue weighted by molar-refractivity contribution is 7.99. The first kappa shape index (κ1) is 22.1. The zero-order valence-electron chi connectivity index (χ0n) is 17.5. The molecule has 31 heavy (non-hydrogen) atoms. The Kier molecular flexibility index (Phi) is 6.57. The molecule has 2 aromatic heterocycles. The third-order valence-electron chi connectivity index (χ3n) is 5.24. The molecule has 1 aromatic carbocycles. The van der Waals surface area contributed by atoms with E-state index in [0.717, 1.165) is 22.0 Å². The van der Waals surface area contributed by atoms with Crippen molar-refractivity contribution in [1.29, 1.82) is 0 Å². The molecule has 0 bridgehead atoms. The van der Waals surface area contributed by atoms with Crippen molar-refractivity contribution in [3.63, 3.8) is 0 Å². The van der Waals surface area contributed by atoms with Crippen LogP contribution in [-0.2, 0) is 11.2 Å². The molecule has 8 heteroatoms. The molecule has 1 aliphatic heterocycles. The molecular formula is C23H23ClN2O3S2. The summed E-state index contributed by atoms with van der Waals surface area (Å²) >= 11 is 9.66. The van der Waals surface area contributed by atoms with Gasteiger partial charge in [0.1, 0.15) is 5.56 Å². The third kappa shape index (κ3) is 4.46. The molecule has 0 saturated carbocycles. The number of halogens is 1. The highest BCUT2D eigenvalue weighted by Gasteiger charge is 2.29. The number of pyridine rings is 1. The number of aromatic nitrogens is 1. The minimum atomic E-state index is -0.371. The van der Waals surface area contributed by atoms with Crippen molar-refractivity contribution in [1.82, 2.24) is 9.88 Å². The molecule has 2 unspecified atom stereocenters. The van der Waals surface area contributed by atoms with Crippen LogP contribution in [0.5, 0.6) is 0 Å². The lowest BCUT2D eigenvalue weighted by molar-refractivity contribution is 0.0902. The Bertz CT molecular complexity index is 1170. The van der Waals surface area contributed by atoms with E-state index in [4.69, 9.17) is 16.3 Å². The maximum absolute atomic E-state index is 13.2. The molecule has 0 fully saturated rings. The van der Waals surface area contributed by atoms with Gasteiger partial charge >= 0.3 is 0 Å². The summed E-state index contributed by atoms with van der Waals surface area (Å²) in [6.07, 6.45) is 0.548. The van der Waals surface area contributed by atoms with Crippen molar-refractivity contribution in [2.75, 3.05) is 13.7 Å². The van der Waals surface area contributed by atoms with Gasteiger partial charge in [-0.05, 0) is 54.4 Å². The number of fused-ring (bicyclic) bond motifs is 3. The van der Waals surface area contributed by atoms with Crippen molar-refractivity contribution in [3.05, 3.63) is 78.9 Å². The Labute approximate surface area is 194 Å². The van der Waals surface area contributed by atoms with Gasteiger partial charge in [0, 0.05) is 52.2 Å². The van der Waals surface area contributed by atoms with Gasteiger partial charge in [0.15, 0.2) is 5.43 Å². The predicted octanol–water partition coefficient (Wildman–Crippen LogP) is 5.02. The van der Waals surface area contributed by atoms with Crippen LogP contribution in [0.4, 0.5) is 0 Å². The van der Waals surface area contributed by atoms with E-state index in [1.807, 2.05) is 42.0 Å². The molecule has 0 spiro atoms. The number of aryl methyl sites for hydroxylation is 1. The third-order valence-corrected chi connectivity index (χ3v) is 7.49. The number of ether oxygens (including phenoxy) is 1. The van der Waals surface area contributed by atoms with Crippen LogP contribution < -0.4 is 10.7 Å². The Morgan fingerprint density at radius 1 is 1.35 bits per heavy atom. The van der Waals surface area contributed by atoms with E-state index >= 15 is 0 Å². The van der Waals surface area contributed by atoms with E-state index in [9.17, 15) is 9.59 Å². The molecular weight excluding hydrogens is 452 g/mol. The van der Waals surface area contributed by atoms with E-state index in [0.29, 0.717) is 18.1 Å². The number of amides is 1. The molecule has 2 atom stereocenters. The second kappa shape index (κ2) is 9.20. The Morgan fingerprint density at radius 3 is 2.87 bits per heavy atom. The first-order chi connectivity index (χ1) is 14.9. The monoisotopic (exact) mass is 474 g/mol. The smallest absolute Gasteiger partial charge is 0.257 e. The van der Waals surface area contributed by atoms with Crippen molar-refractivity contribution in [2.24, 2.45) is 0 Å². The van der Waals surface area contributed by atoms with Crippen LogP contribution in [0, 0.1) is 6.92 Å². The highest BCUT2D eigenvalue weighted by atomic mass is 35.5. The fourth-order valence-electron chi connectivity index (χ4n) is 3.93. The van der Waals surface area contributed by atoms with Gasteiger partial charge in [-0.3, -0.25) is 9.59 Å². The number of carbonyl (C=O) groups excluding carboxylic acids is 1. The highest BCUT2D eigenvalue weighted by Crippen LogP contribution is 2.45. The standard InChI is InChI=1S/C23H23ClN2O3S2/c1-13(11-29-3)25-23(28)22-18-10-20(15-6-7-30-12-15)31-21-9-16(24)4-5-17(21)26(18)14(2)8-19(22)27/h4-9,12-13,20H,10-11H2,1-3H3,(H,25,28). The van der Waals surface area contributed by atoms with Gasteiger partial charge in [-0.25, -0.2) is 0 Å². The lowest BCUT2D eigenvalue weighted by atomic mass is 10.0. The second-order valence-electron chi connectivity index (χ2n) is 7.62. The van der Waals surface area contributed by atoms with Crippen molar-refractivity contribution in [3.8, 4) is 5.69 Å². The van der Waals surface area contributed by atoms with Crippen molar-refractivity contribution in [2.45, 2.75) is 36.5 Å². The van der Waals surface area contributed by atoms with Crippen LogP contribution in [0.2, 0.25) is 5.02 Å². The number of benzene rings is 1. The number of rotatable bonds is 5. The Hall–Kier alpha value is -2.06. The Balaban J connectivity index is 1.92. The molecule has 3 aromatic rings. The predicted molar refractivity (Wildman–Crippen MR) is 127 cm³/mol. The van der Waals surface area contributed by atoms with Crippen LogP contribution in [0.25, 0.3) is 5.69 Å². The number of thioether (sulfide) groups is 1. The van der Waals surface area contributed by atoms with Gasteiger partial charge in [0.05, 0.1) is 12.3 Å². The summed E-state index contributed by atoms with van der Waals surface area (Å²) in [4.78, 5) is 27.3. The van der Waals surface area contributed by atoms with Crippen LogP contribution in [0.1, 0.15) is 39.5 Å². The topological polar surface area (TPSA) is 60.3 Å². The number of thiophene rings is 1. The maximum atomic E-state index is 13.2. The number of hydrogen-bond donors (Lipinski definition) is 1. The first-order valence-electron chi connectivity index (χ1n) is 9.93. The summed E-state index contributed by atoms with van der Waals surface area (Å²) < 4.78 is 7.16. The SMILES string of the molecule is COCC(C)NC(=O)c1c2n(c(C)cc1=O)-c1ccc(Cl)cc1SC(c1ccsc1)C2. The van der Waals surface area contributed by atoms with Gasteiger partial charge in [0.25, 0.3) is 5.91 Å². The molecule has 0 saturated heterocycles. The lowest BCUT2D eigenvalue weighted by Gasteiger charge is -2.21. The summed E-state index contributed by atoms with van der Waals surface area (Å²) in [6, 6.07) is 9.17. The van der Waals surface area contributed by atoms with E-state index in [-0.39, 0.29) is 28.2 Å². The molecule has 1 aliphatic rings. The quantitative estimate of drug-likeness (QED) is 0.564. The average Bonchev–Trinajstić information content (AvgIpc) is 3.18. The van der Waals surface area contributed by atoms with E-state index < -0.39 is 0 Å².